The van der Waals surface area contributed by atoms with E-state index in [0.29, 0.717) is 0 Å². The molecule has 0 atom stereocenters. The van der Waals surface area contributed by atoms with Gasteiger partial charge in [-0.05, 0) is 72.3 Å². The summed E-state index contributed by atoms with van der Waals surface area (Å²) in [6, 6.07) is 10.3. The third kappa shape index (κ3) is 4.23. The largest absolute Gasteiger partial charge is 0.256 e. The molecule has 2 rings (SSSR count). The highest BCUT2D eigenvalue weighted by molar-refractivity contribution is 14.3. The molecule has 1 nitrogen and oxygen atoms in total. The van der Waals surface area contributed by atoms with Crippen molar-refractivity contribution in [1.29, 1.82) is 0 Å². The van der Waals surface area contributed by atoms with Gasteiger partial charge in [0.25, 0.3) is 0 Å². The van der Waals surface area contributed by atoms with E-state index in [4.69, 9.17) is 0 Å². The first-order chi connectivity index (χ1) is 8.27. The molecule has 5 heteroatoms. The Bertz CT molecular complexity index is 572. The van der Waals surface area contributed by atoms with Crippen molar-refractivity contribution in [1.82, 2.24) is 4.98 Å². The quantitative estimate of drug-likeness (QED) is 0.315. The summed E-state index contributed by atoms with van der Waals surface area (Å²) < 4.78 is -0.0481. The van der Waals surface area contributed by atoms with Crippen LogP contribution >= 0.6 is 57.9 Å². The van der Waals surface area contributed by atoms with E-state index in [-0.39, 0.29) is 2.41 Å². The number of fused-ring (bicyclic) bond motifs is 1. The summed E-state index contributed by atoms with van der Waals surface area (Å²) in [5.74, 6) is 3.20. The number of para-hydroxylation sites is 1. The van der Waals surface area contributed by atoms with Crippen molar-refractivity contribution < 1.29 is 0 Å². The van der Waals surface area contributed by atoms with Crippen molar-refractivity contribution in [3.8, 4) is 11.2 Å². The second-order valence-electron chi connectivity index (χ2n) is 3.24. The van der Waals surface area contributed by atoms with Gasteiger partial charge >= 0.3 is 0 Å². The van der Waals surface area contributed by atoms with Crippen LogP contribution in [0, 0.1) is 11.2 Å². The highest BCUT2D eigenvalue weighted by Gasteiger charge is 1.99. The Morgan fingerprint density at radius 2 is 2.06 bits per heavy atom. The predicted molar refractivity (Wildman–Crippen MR) is 95.8 cm³/mol. The van der Waals surface area contributed by atoms with Gasteiger partial charge in [0, 0.05) is 18.0 Å². The van der Waals surface area contributed by atoms with E-state index in [1.54, 1.807) is 11.4 Å². The monoisotopic (exact) mass is 483 g/mol. The van der Waals surface area contributed by atoms with Gasteiger partial charge in [-0.3, -0.25) is 4.98 Å². The lowest BCUT2D eigenvalue weighted by Gasteiger charge is -2.01. The second-order valence-corrected chi connectivity index (χ2v) is 20.9. The maximum absolute atomic E-state index is 4.42. The summed E-state index contributed by atoms with van der Waals surface area (Å²) in [4.78, 5) is 4.42. The van der Waals surface area contributed by atoms with Crippen molar-refractivity contribution in [2.45, 2.75) is 6.42 Å². The molecule has 1 aromatic heterocycles. The lowest BCUT2D eigenvalue weighted by Crippen LogP contribution is -1.86. The fourth-order valence-corrected chi connectivity index (χ4v) is 3.89. The van der Waals surface area contributed by atoms with Crippen molar-refractivity contribution in [3.05, 3.63) is 42.1 Å². The van der Waals surface area contributed by atoms with Gasteiger partial charge in [0.05, 0.1) is 7.93 Å². The number of hydrogen-bond acceptors (Lipinski definition) is 2. The van der Waals surface area contributed by atoms with Crippen LogP contribution in [0.25, 0.3) is 10.9 Å². The maximum Gasteiger partial charge on any atom is 0.0964 e. The summed E-state index contributed by atoms with van der Waals surface area (Å²) in [5, 5.41) is 4.34. The molecule has 0 radical (unpaired) electrons. The molecule has 0 aliphatic rings. The third-order valence-electron chi connectivity index (χ3n) is 2.18. The van der Waals surface area contributed by atoms with E-state index in [2.05, 4.69) is 84.5 Å². The first-order valence-electron chi connectivity index (χ1n) is 4.86. The van der Waals surface area contributed by atoms with E-state index >= 15 is 0 Å². The highest BCUT2D eigenvalue weighted by atomic mass is 127. The number of pyridine rings is 1. The lowest BCUT2D eigenvalue weighted by molar-refractivity contribution is 1.30. The molecule has 2 aromatic rings. The fourth-order valence-electron chi connectivity index (χ4n) is 1.51. The zero-order valence-corrected chi connectivity index (χ0v) is 14.8. The average molecular weight is 483 g/mol. The molecule has 0 saturated carbocycles. The molecule has 0 unspecified atom stereocenters. The number of nitrogens with zero attached hydrogens (tertiary/aromatic N) is 1. The van der Waals surface area contributed by atoms with E-state index < -0.39 is 0 Å². The minimum atomic E-state index is -0.0481. The molecule has 0 spiro atoms. The van der Waals surface area contributed by atoms with E-state index in [9.17, 15) is 0 Å². The zero-order chi connectivity index (χ0) is 12.1. The minimum absolute atomic E-state index is 0.0481. The minimum Gasteiger partial charge on any atom is -0.256 e. The zero-order valence-electron chi connectivity index (χ0n) is 8.73. The SMILES string of the molecule is IP(I)SC#CCc1cccc2cccnc12. The van der Waals surface area contributed by atoms with E-state index in [1.165, 1.54) is 10.9 Å². The van der Waals surface area contributed by atoms with Gasteiger partial charge < -0.3 is 0 Å². The van der Waals surface area contributed by atoms with Crippen LogP contribution < -0.4 is 0 Å². The van der Waals surface area contributed by atoms with Crippen molar-refractivity contribution in [2.75, 3.05) is 0 Å². The van der Waals surface area contributed by atoms with Crippen LogP contribution in [0.1, 0.15) is 5.56 Å². The molecule has 86 valence electrons. The molecule has 0 aliphatic heterocycles. The first-order valence-corrected chi connectivity index (χ1v) is 13.2. The Labute approximate surface area is 132 Å². The number of halogens is 2. The Morgan fingerprint density at radius 3 is 2.88 bits per heavy atom. The summed E-state index contributed by atoms with van der Waals surface area (Å²) >= 11 is 6.53. The van der Waals surface area contributed by atoms with E-state index in [0.717, 1.165) is 11.9 Å². The van der Waals surface area contributed by atoms with Crippen molar-refractivity contribution in [2.24, 2.45) is 0 Å². The molecule has 1 aromatic carbocycles. The van der Waals surface area contributed by atoms with Crippen LogP contribution in [0.2, 0.25) is 0 Å². The molecule has 0 N–H and O–H groups in total. The predicted octanol–water partition coefficient (Wildman–Crippen LogP) is 5.57. The van der Waals surface area contributed by atoms with Gasteiger partial charge in [0.15, 0.2) is 0 Å². The molecule has 17 heavy (non-hydrogen) atoms. The van der Waals surface area contributed by atoms with Gasteiger partial charge in [0.1, 0.15) is 0 Å². The van der Waals surface area contributed by atoms with Crippen LogP contribution in [-0.2, 0) is 6.42 Å². The van der Waals surface area contributed by atoms with Gasteiger partial charge in [-0.2, -0.15) is 0 Å². The standard InChI is InChI=1S/C12H8I2NPS/c13-16(14)17-9-3-7-11-5-1-4-10-6-2-8-15-12(10)11/h1-2,4-6,8H,7H2. The van der Waals surface area contributed by atoms with Gasteiger partial charge in [-0.15, -0.1) is 0 Å². The fraction of sp³-hybridized carbons (Fsp3) is 0.0833. The average Bonchev–Trinajstić information content (AvgIpc) is 2.34. The molecule has 0 aliphatic carbocycles. The Kier molecular flexibility index (Phi) is 5.81. The Morgan fingerprint density at radius 1 is 1.24 bits per heavy atom. The molecule has 0 amide bonds. The maximum atomic E-state index is 4.42. The molecule has 0 bridgehead atoms. The number of aromatic nitrogens is 1. The topological polar surface area (TPSA) is 12.9 Å². The summed E-state index contributed by atoms with van der Waals surface area (Å²) in [7, 11) is 0. The smallest absolute Gasteiger partial charge is 0.0964 e. The van der Waals surface area contributed by atoms with Crippen LogP contribution in [0.5, 0.6) is 0 Å². The summed E-state index contributed by atoms with van der Waals surface area (Å²) in [5.41, 5.74) is 2.28. The number of rotatable bonds is 2. The summed E-state index contributed by atoms with van der Waals surface area (Å²) in [6.07, 6.45) is 2.61. The highest BCUT2D eigenvalue weighted by Crippen LogP contribution is 2.64. The van der Waals surface area contributed by atoms with Crippen LogP contribution in [0.4, 0.5) is 0 Å². The van der Waals surface area contributed by atoms with Crippen LogP contribution in [0.3, 0.4) is 0 Å². The van der Waals surface area contributed by atoms with E-state index in [1.807, 2.05) is 12.3 Å². The normalized spacial score (nSPS) is 10.3. The molecular weight excluding hydrogens is 475 g/mol. The van der Waals surface area contributed by atoms with Crippen LogP contribution in [0.15, 0.2) is 36.5 Å². The summed E-state index contributed by atoms with van der Waals surface area (Å²) in [6.45, 7) is 0. The van der Waals surface area contributed by atoms with Gasteiger partial charge in [-0.1, -0.05) is 30.2 Å². The van der Waals surface area contributed by atoms with Gasteiger partial charge in [0.2, 0.25) is 0 Å². The molecule has 0 saturated heterocycles. The first kappa shape index (κ1) is 13.9. The van der Waals surface area contributed by atoms with Crippen molar-refractivity contribution in [3.63, 3.8) is 0 Å². The second kappa shape index (κ2) is 7.13. The van der Waals surface area contributed by atoms with Crippen LogP contribution in [-0.4, -0.2) is 4.98 Å². The molecule has 1 heterocycles. The Balaban J connectivity index is 2.20. The Hall–Kier alpha value is 0.430. The molecule has 0 fully saturated rings. The lowest BCUT2D eigenvalue weighted by atomic mass is 10.1. The molecular formula is C12H8I2NPS. The van der Waals surface area contributed by atoms with Crippen molar-refractivity contribution >= 4 is 68.8 Å². The number of hydrogen-bond donors (Lipinski definition) is 0. The number of benzene rings is 1. The van der Waals surface area contributed by atoms with Gasteiger partial charge in [-0.25, -0.2) is 0 Å². The third-order valence-corrected chi connectivity index (χ3v) is 6.79.